The van der Waals surface area contributed by atoms with Gasteiger partial charge in [0.25, 0.3) is 11.7 Å². The van der Waals surface area contributed by atoms with Crippen LogP contribution in [0.4, 0.5) is 11.4 Å². The summed E-state index contributed by atoms with van der Waals surface area (Å²) in [6.45, 7) is 0.849. The second-order valence-corrected chi connectivity index (χ2v) is 3.95. The predicted octanol–water partition coefficient (Wildman–Crippen LogP) is 0.445. The Balaban J connectivity index is 2.23. The third-order valence-corrected chi connectivity index (χ3v) is 3.02. The highest BCUT2D eigenvalue weighted by atomic mass is 16.7. The molecule has 0 aliphatic carbocycles. The van der Waals surface area contributed by atoms with Gasteiger partial charge >= 0.3 is 0 Å². The fourth-order valence-electron chi connectivity index (χ4n) is 2.25. The Kier molecular flexibility index (Phi) is 1.78. The highest BCUT2D eigenvalue weighted by Crippen LogP contribution is 2.45. The van der Waals surface area contributed by atoms with Gasteiger partial charge in [-0.15, -0.1) is 0 Å². The Labute approximate surface area is 92.7 Å². The number of nitrogen functional groups attached to an aromatic ring is 1. The fourth-order valence-corrected chi connectivity index (χ4v) is 2.25. The molecule has 1 amide bonds. The van der Waals surface area contributed by atoms with Crippen LogP contribution in [0.25, 0.3) is 0 Å². The van der Waals surface area contributed by atoms with E-state index in [1.165, 1.54) is 0 Å². The van der Waals surface area contributed by atoms with Crippen molar-refractivity contribution in [3.63, 3.8) is 0 Å². The Morgan fingerprint density at radius 2 is 2.06 bits per heavy atom. The van der Waals surface area contributed by atoms with Crippen molar-refractivity contribution in [2.45, 2.75) is 5.79 Å². The van der Waals surface area contributed by atoms with E-state index in [1.54, 1.807) is 24.1 Å². The van der Waals surface area contributed by atoms with Crippen molar-refractivity contribution in [3.05, 3.63) is 23.8 Å². The van der Waals surface area contributed by atoms with E-state index in [-0.39, 0.29) is 5.91 Å². The summed E-state index contributed by atoms with van der Waals surface area (Å²) in [7, 11) is 1.71. The molecule has 1 saturated heterocycles. The zero-order chi connectivity index (χ0) is 11.3. The maximum absolute atomic E-state index is 12.1. The Hall–Kier alpha value is -1.59. The summed E-state index contributed by atoms with van der Waals surface area (Å²) in [4.78, 5) is 13.7. The van der Waals surface area contributed by atoms with Crippen LogP contribution < -0.4 is 10.6 Å². The average Bonchev–Trinajstić information content (AvgIpc) is 2.83. The molecule has 0 radical (unpaired) electrons. The number of benzene rings is 1. The van der Waals surface area contributed by atoms with Gasteiger partial charge in [-0.05, 0) is 18.2 Å². The summed E-state index contributed by atoms with van der Waals surface area (Å²) in [5.74, 6) is -1.44. The number of carbonyl (C=O) groups excluding carboxylic acids is 1. The SMILES string of the molecule is CN1C(=O)C2(OCCO2)c2cc(N)ccc21. The van der Waals surface area contributed by atoms with Crippen LogP contribution in [0.1, 0.15) is 5.56 Å². The first-order valence-electron chi connectivity index (χ1n) is 5.11. The molecule has 0 atom stereocenters. The second-order valence-electron chi connectivity index (χ2n) is 3.95. The number of hydrogen-bond acceptors (Lipinski definition) is 4. The van der Waals surface area contributed by atoms with E-state index in [9.17, 15) is 4.79 Å². The molecule has 5 heteroatoms. The summed E-state index contributed by atoms with van der Waals surface area (Å²) in [5.41, 5.74) is 7.83. The topological polar surface area (TPSA) is 64.8 Å². The van der Waals surface area contributed by atoms with Crippen LogP contribution in [-0.4, -0.2) is 26.2 Å². The number of nitrogens with zero attached hydrogens (tertiary/aromatic N) is 1. The number of ether oxygens (including phenoxy) is 2. The molecule has 0 saturated carbocycles. The van der Waals surface area contributed by atoms with E-state index in [0.29, 0.717) is 24.5 Å². The molecule has 2 heterocycles. The zero-order valence-corrected chi connectivity index (χ0v) is 8.90. The summed E-state index contributed by atoms with van der Waals surface area (Å²) in [6.07, 6.45) is 0. The number of fused-ring (bicyclic) bond motifs is 2. The minimum atomic E-state index is -1.25. The predicted molar refractivity (Wildman–Crippen MR) is 57.8 cm³/mol. The monoisotopic (exact) mass is 220 g/mol. The highest BCUT2D eigenvalue weighted by Gasteiger charge is 2.55. The number of likely N-dealkylation sites (N-methyl/N-ethyl adjacent to an activating group) is 1. The minimum absolute atomic E-state index is 0.189. The van der Waals surface area contributed by atoms with Gasteiger partial charge < -0.3 is 20.1 Å². The number of hydrogen-bond donors (Lipinski definition) is 1. The molecule has 1 aromatic rings. The molecule has 0 aromatic heterocycles. The van der Waals surface area contributed by atoms with Crippen LogP contribution in [0.2, 0.25) is 0 Å². The molecule has 2 N–H and O–H groups in total. The summed E-state index contributed by atoms with van der Waals surface area (Å²) < 4.78 is 11.0. The van der Waals surface area contributed by atoms with Crippen molar-refractivity contribution < 1.29 is 14.3 Å². The lowest BCUT2D eigenvalue weighted by molar-refractivity contribution is -0.180. The standard InChI is InChI=1S/C11H12N2O3/c1-13-9-3-2-7(12)6-8(9)11(10(13)14)15-4-5-16-11/h2-3,6H,4-5,12H2,1H3. The van der Waals surface area contributed by atoms with Crippen molar-refractivity contribution >= 4 is 17.3 Å². The molecule has 1 fully saturated rings. The van der Waals surface area contributed by atoms with Gasteiger partial charge in [-0.2, -0.15) is 0 Å². The lowest BCUT2D eigenvalue weighted by Crippen LogP contribution is -2.39. The molecule has 0 unspecified atom stereocenters. The molecule has 3 rings (SSSR count). The maximum Gasteiger partial charge on any atom is 0.292 e. The number of nitrogens with two attached hydrogens (primary N) is 1. The third kappa shape index (κ3) is 0.989. The van der Waals surface area contributed by atoms with E-state index in [4.69, 9.17) is 15.2 Å². The van der Waals surface area contributed by atoms with Crippen molar-refractivity contribution in [3.8, 4) is 0 Å². The van der Waals surface area contributed by atoms with E-state index in [0.717, 1.165) is 5.69 Å². The van der Waals surface area contributed by atoms with E-state index in [1.807, 2.05) is 6.07 Å². The van der Waals surface area contributed by atoms with Crippen LogP contribution in [0.3, 0.4) is 0 Å². The third-order valence-electron chi connectivity index (χ3n) is 3.02. The molecule has 16 heavy (non-hydrogen) atoms. The maximum atomic E-state index is 12.1. The Morgan fingerprint density at radius 1 is 1.38 bits per heavy atom. The largest absolute Gasteiger partial charge is 0.399 e. The number of anilines is 2. The molecular formula is C11H12N2O3. The van der Waals surface area contributed by atoms with Crippen LogP contribution in [0.5, 0.6) is 0 Å². The van der Waals surface area contributed by atoms with Crippen molar-refractivity contribution in [2.75, 3.05) is 30.9 Å². The van der Waals surface area contributed by atoms with Gasteiger partial charge in [0.15, 0.2) is 0 Å². The second kappa shape index (κ2) is 2.96. The van der Waals surface area contributed by atoms with Crippen LogP contribution in [0, 0.1) is 0 Å². The lowest BCUT2D eigenvalue weighted by Gasteiger charge is -2.20. The normalized spacial score (nSPS) is 21.8. The van der Waals surface area contributed by atoms with E-state index < -0.39 is 5.79 Å². The van der Waals surface area contributed by atoms with Crippen molar-refractivity contribution in [1.29, 1.82) is 0 Å². The number of amides is 1. The van der Waals surface area contributed by atoms with Gasteiger partial charge in [-0.3, -0.25) is 4.79 Å². The van der Waals surface area contributed by atoms with E-state index in [2.05, 4.69) is 0 Å². The molecule has 1 spiro atoms. The number of carbonyl (C=O) groups is 1. The first-order valence-corrected chi connectivity index (χ1v) is 5.11. The summed E-state index contributed by atoms with van der Waals surface area (Å²) in [5, 5.41) is 0. The average molecular weight is 220 g/mol. The van der Waals surface area contributed by atoms with Gasteiger partial charge in [-0.25, -0.2) is 0 Å². The first kappa shape index (κ1) is 9.62. The van der Waals surface area contributed by atoms with Gasteiger partial charge in [0.05, 0.1) is 18.9 Å². The van der Waals surface area contributed by atoms with Gasteiger partial charge in [0, 0.05) is 18.3 Å². The van der Waals surface area contributed by atoms with Gasteiger partial charge in [0.1, 0.15) is 0 Å². The van der Waals surface area contributed by atoms with Gasteiger partial charge in [-0.1, -0.05) is 0 Å². The Morgan fingerprint density at radius 3 is 2.75 bits per heavy atom. The molecule has 5 nitrogen and oxygen atoms in total. The quantitative estimate of drug-likeness (QED) is 0.644. The van der Waals surface area contributed by atoms with Crippen LogP contribution in [-0.2, 0) is 20.1 Å². The van der Waals surface area contributed by atoms with Gasteiger partial charge in [0.2, 0.25) is 0 Å². The smallest absolute Gasteiger partial charge is 0.292 e. The molecule has 0 bridgehead atoms. The first-order chi connectivity index (χ1) is 7.65. The van der Waals surface area contributed by atoms with E-state index >= 15 is 0 Å². The molecular weight excluding hydrogens is 208 g/mol. The van der Waals surface area contributed by atoms with Crippen molar-refractivity contribution in [1.82, 2.24) is 0 Å². The summed E-state index contributed by atoms with van der Waals surface area (Å²) in [6, 6.07) is 5.31. The summed E-state index contributed by atoms with van der Waals surface area (Å²) >= 11 is 0. The highest BCUT2D eigenvalue weighted by molar-refractivity contribution is 6.06. The van der Waals surface area contributed by atoms with Crippen LogP contribution in [0.15, 0.2) is 18.2 Å². The lowest BCUT2D eigenvalue weighted by atomic mass is 10.1. The molecule has 2 aliphatic heterocycles. The van der Waals surface area contributed by atoms with Crippen LogP contribution >= 0.6 is 0 Å². The Bertz CT molecular complexity index is 466. The zero-order valence-electron chi connectivity index (χ0n) is 8.90. The molecule has 1 aromatic carbocycles. The molecule has 2 aliphatic rings. The fraction of sp³-hybridized carbons (Fsp3) is 0.364. The van der Waals surface area contributed by atoms with Crippen molar-refractivity contribution in [2.24, 2.45) is 0 Å². The number of rotatable bonds is 0. The molecule has 84 valence electrons. The minimum Gasteiger partial charge on any atom is -0.399 e.